The van der Waals surface area contributed by atoms with Crippen LogP contribution in [0.2, 0.25) is 0 Å². The molecule has 0 saturated heterocycles. The van der Waals surface area contributed by atoms with Gasteiger partial charge in [0.2, 0.25) is 0 Å². The van der Waals surface area contributed by atoms with Gasteiger partial charge in [0.15, 0.2) is 5.78 Å². The first-order valence-electron chi connectivity index (χ1n) is 11.0. The first-order valence-corrected chi connectivity index (χ1v) is 11.0. The van der Waals surface area contributed by atoms with E-state index in [0.717, 1.165) is 12.8 Å². The van der Waals surface area contributed by atoms with Crippen LogP contribution in [-0.4, -0.2) is 38.4 Å². The fourth-order valence-corrected chi connectivity index (χ4v) is 8.46. The number of carbonyl (C=O) groups is 1. The molecular weight excluding hydrogens is 340 g/mol. The molecule has 4 saturated carbocycles. The molecule has 0 radical (unpaired) electrons. The van der Waals surface area contributed by atoms with E-state index in [0.29, 0.717) is 23.7 Å². The van der Waals surface area contributed by atoms with E-state index < -0.39 is 22.7 Å². The van der Waals surface area contributed by atoms with E-state index in [1.807, 2.05) is 6.92 Å². The predicted molar refractivity (Wildman–Crippen MR) is 104 cm³/mol. The van der Waals surface area contributed by atoms with Crippen LogP contribution in [0.3, 0.4) is 0 Å². The normalized spacial score (nSPS) is 60.5. The van der Waals surface area contributed by atoms with Crippen LogP contribution < -0.4 is 0 Å². The molecule has 4 heteroatoms. The molecule has 0 aromatic rings. The fourth-order valence-electron chi connectivity index (χ4n) is 8.46. The molecular formula is C23H38O4. The molecule has 0 aliphatic heterocycles. The van der Waals surface area contributed by atoms with Crippen molar-refractivity contribution in [1.29, 1.82) is 0 Å². The van der Waals surface area contributed by atoms with Gasteiger partial charge in [-0.2, -0.15) is 0 Å². The summed E-state index contributed by atoms with van der Waals surface area (Å²) in [7, 11) is 0. The third kappa shape index (κ3) is 2.18. The Labute approximate surface area is 163 Å². The highest BCUT2D eigenvalue weighted by Gasteiger charge is 2.72. The number of fused-ring (bicyclic) bond motifs is 5. The number of ketones is 1. The Morgan fingerprint density at radius 1 is 0.963 bits per heavy atom. The number of aliphatic hydroxyl groups is 3. The maximum absolute atomic E-state index is 12.5. The molecule has 9 atom stereocenters. The van der Waals surface area contributed by atoms with Crippen molar-refractivity contribution in [3.63, 3.8) is 0 Å². The average Bonchev–Trinajstić information content (AvgIpc) is 2.84. The van der Waals surface area contributed by atoms with Crippen LogP contribution in [0.4, 0.5) is 0 Å². The van der Waals surface area contributed by atoms with Gasteiger partial charge in [-0.25, -0.2) is 0 Å². The summed E-state index contributed by atoms with van der Waals surface area (Å²) in [5.74, 6) is 0.935. The highest BCUT2D eigenvalue weighted by molar-refractivity contribution is 5.85. The second-order valence-electron chi connectivity index (χ2n) is 11.4. The summed E-state index contributed by atoms with van der Waals surface area (Å²) >= 11 is 0. The largest absolute Gasteiger partial charge is 0.387 e. The molecule has 0 aromatic heterocycles. The second-order valence-corrected chi connectivity index (χ2v) is 11.4. The number of hydrogen-bond acceptors (Lipinski definition) is 4. The Morgan fingerprint density at radius 2 is 1.56 bits per heavy atom. The Balaban J connectivity index is 1.78. The third-order valence-electron chi connectivity index (χ3n) is 10.7. The molecule has 0 bridgehead atoms. The molecule has 3 N–H and O–H groups in total. The van der Waals surface area contributed by atoms with Gasteiger partial charge in [-0.3, -0.25) is 4.79 Å². The number of rotatable bonds is 1. The number of Topliss-reactive ketones (excluding diaryl/α,β-unsaturated/α-hetero) is 1. The van der Waals surface area contributed by atoms with E-state index in [-0.39, 0.29) is 30.0 Å². The van der Waals surface area contributed by atoms with Crippen LogP contribution in [-0.2, 0) is 4.79 Å². The molecule has 154 valence electrons. The standard InChI is InChI=1S/C23H38O4/c1-6-19(2)9-7-15-14-11-22(5,26)23(27)13-18(25)17(24)12-21(23,4)16(14)8-10-20(15,19)3/h14-16,18,25-27H,6-13H2,1-5H3/t14-,15-,16-,18?,19-,20-,21+,22?,23?/m0/s1. The minimum Gasteiger partial charge on any atom is -0.387 e. The Morgan fingerprint density at radius 3 is 2.19 bits per heavy atom. The minimum absolute atomic E-state index is 0.0346. The van der Waals surface area contributed by atoms with E-state index in [2.05, 4.69) is 20.8 Å². The maximum atomic E-state index is 12.5. The Bertz CT molecular complexity index is 659. The fraction of sp³-hybridized carbons (Fsp3) is 0.957. The quantitative estimate of drug-likeness (QED) is 0.653. The molecule has 0 amide bonds. The van der Waals surface area contributed by atoms with Crippen molar-refractivity contribution in [2.45, 2.75) is 103 Å². The zero-order chi connectivity index (χ0) is 20.0. The van der Waals surface area contributed by atoms with Gasteiger partial charge in [0.1, 0.15) is 11.7 Å². The van der Waals surface area contributed by atoms with Crippen molar-refractivity contribution in [1.82, 2.24) is 0 Å². The lowest BCUT2D eigenvalue weighted by Gasteiger charge is -2.68. The van der Waals surface area contributed by atoms with Gasteiger partial charge in [0.05, 0.1) is 5.60 Å². The monoisotopic (exact) mass is 378 g/mol. The van der Waals surface area contributed by atoms with Gasteiger partial charge in [0, 0.05) is 18.3 Å². The highest BCUT2D eigenvalue weighted by Crippen LogP contribution is 2.72. The van der Waals surface area contributed by atoms with Crippen molar-refractivity contribution in [3.8, 4) is 0 Å². The van der Waals surface area contributed by atoms with E-state index in [1.165, 1.54) is 19.3 Å². The first-order chi connectivity index (χ1) is 12.4. The summed E-state index contributed by atoms with van der Waals surface area (Å²) < 4.78 is 0. The SMILES string of the molecule is CC[C@@]1(C)CC[C@H]2[C@@H]3CC(C)(O)C4(O)CC(O)C(=O)C[C@]4(C)[C@H]3CC[C@@]21C. The lowest BCUT2D eigenvalue weighted by Crippen LogP contribution is -2.74. The van der Waals surface area contributed by atoms with Gasteiger partial charge in [0.25, 0.3) is 0 Å². The van der Waals surface area contributed by atoms with E-state index in [4.69, 9.17) is 0 Å². The van der Waals surface area contributed by atoms with Gasteiger partial charge in [-0.05, 0) is 67.6 Å². The first kappa shape index (κ1) is 19.8. The molecule has 0 spiro atoms. The van der Waals surface area contributed by atoms with Crippen LogP contribution in [0, 0.1) is 34.0 Å². The van der Waals surface area contributed by atoms with Crippen molar-refractivity contribution >= 4 is 5.78 Å². The molecule has 4 nitrogen and oxygen atoms in total. The summed E-state index contributed by atoms with van der Waals surface area (Å²) in [5.41, 5.74) is -2.75. The Hall–Kier alpha value is -0.450. The number of aliphatic hydroxyl groups excluding tert-OH is 1. The van der Waals surface area contributed by atoms with Gasteiger partial charge in [-0.1, -0.05) is 34.1 Å². The lowest BCUT2D eigenvalue weighted by molar-refractivity contribution is -0.294. The summed E-state index contributed by atoms with van der Waals surface area (Å²) in [5, 5.41) is 33.3. The Kier molecular flexibility index (Phi) is 4.10. The zero-order valence-electron chi connectivity index (χ0n) is 17.7. The summed E-state index contributed by atoms with van der Waals surface area (Å²) in [6, 6.07) is 0. The molecule has 4 fully saturated rings. The molecule has 3 unspecified atom stereocenters. The third-order valence-corrected chi connectivity index (χ3v) is 10.7. The van der Waals surface area contributed by atoms with Crippen LogP contribution in [0.5, 0.6) is 0 Å². The summed E-state index contributed by atoms with van der Waals surface area (Å²) in [4.78, 5) is 12.5. The molecule has 0 heterocycles. The molecule has 0 aromatic carbocycles. The van der Waals surface area contributed by atoms with E-state index in [9.17, 15) is 20.1 Å². The summed E-state index contributed by atoms with van der Waals surface area (Å²) in [6.07, 6.45) is 5.29. The van der Waals surface area contributed by atoms with Crippen LogP contribution >= 0.6 is 0 Å². The number of hydrogen-bond donors (Lipinski definition) is 3. The van der Waals surface area contributed by atoms with Crippen molar-refractivity contribution in [3.05, 3.63) is 0 Å². The maximum Gasteiger partial charge on any atom is 0.162 e. The van der Waals surface area contributed by atoms with Crippen LogP contribution in [0.15, 0.2) is 0 Å². The molecule has 27 heavy (non-hydrogen) atoms. The van der Waals surface area contributed by atoms with Crippen molar-refractivity contribution in [2.24, 2.45) is 34.0 Å². The van der Waals surface area contributed by atoms with Gasteiger partial charge >= 0.3 is 0 Å². The average molecular weight is 379 g/mol. The number of carbonyl (C=O) groups excluding carboxylic acids is 1. The predicted octanol–water partition coefficient (Wildman–Crippen LogP) is 3.46. The van der Waals surface area contributed by atoms with Crippen molar-refractivity contribution < 1.29 is 20.1 Å². The minimum atomic E-state index is -1.41. The van der Waals surface area contributed by atoms with Crippen molar-refractivity contribution in [2.75, 3.05) is 0 Å². The van der Waals surface area contributed by atoms with E-state index in [1.54, 1.807) is 6.92 Å². The molecule has 4 rings (SSSR count). The lowest BCUT2D eigenvalue weighted by atomic mass is 9.39. The topological polar surface area (TPSA) is 77.8 Å². The van der Waals surface area contributed by atoms with Crippen LogP contribution in [0.1, 0.15) is 86.0 Å². The van der Waals surface area contributed by atoms with Gasteiger partial charge < -0.3 is 15.3 Å². The second kappa shape index (κ2) is 5.58. The molecule has 4 aliphatic rings. The van der Waals surface area contributed by atoms with Gasteiger partial charge in [-0.15, -0.1) is 0 Å². The smallest absolute Gasteiger partial charge is 0.162 e. The molecule has 4 aliphatic carbocycles. The van der Waals surface area contributed by atoms with Crippen LogP contribution in [0.25, 0.3) is 0 Å². The zero-order valence-corrected chi connectivity index (χ0v) is 17.7. The summed E-state index contributed by atoms with van der Waals surface area (Å²) in [6.45, 7) is 10.9. The highest BCUT2D eigenvalue weighted by atomic mass is 16.4. The van der Waals surface area contributed by atoms with E-state index >= 15 is 0 Å².